The second-order valence-electron chi connectivity index (χ2n) is 5.22. The fraction of sp³-hybridized carbons (Fsp3) is 0.538. The minimum absolute atomic E-state index is 0.0107. The van der Waals surface area contributed by atoms with Crippen LogP contribution in [0.25, 0.3) is 6.08 Å². The van der Waals surface area contributed by atoms with Gasteiger partial charge in [-0.3, -0.25) is 4.57 Å². The number of nitrogens with two attached hydrogens (primary N) is 1. The highest BCUT2D eigenvalue weighted by Crippen LogP contribution is 2.29. The predicted octanol–water partition coefficient (Wildman–Crippen LogP) is -0.597. The summed E-state index contributed by atoms with van der Waals surface area (Å²) < 4.78 is 42.5. The maximum Gasteiger partial charge on any atom is 0.392 e. The fourth-order valence-electron chi connectivity index (χ4n) is 2.24. The third-order valence-corrected chi connectivity index (χ3v) is 3.45. The van der Waals surface area contributed by atoms with Crippen LogP contribution in [0.15, 0.2) is 17.1 Å². The van der Waals surface area contributed by atoms with Gasteiger partial charge in [0.2, 0.25) is 0 Å². The van der Waals surface area contributed by atoms with Gasteiger partial charge in [0.15, 0.2) is 6.23 Å². The topological polar surface area (TPSA) is 131 Å². The van der Waals surface area contributed by atoms with Crippen LogP contribution >= 0.6 is 0 Å². The van der Waals surface area contributed by atoms with Crippen molar-refractivity contribution >= 4 is 11.9 Å². The lowest BCUT2D eigenvalue weighted by molar-refractivity contribution is -0.124. The van der Waals surface area contributed by atoms with Gasteiger partial charge in [0.05, 0.1) is 13.0 Å². The van der Waals surface area contributed by atoms with Crippen LogP contribution in [-0.2, 0) is 4.74 Å². The van der Waals surface area contributed by atoms with Crippen LogP contribution < -0.4 is 11.4 Å². The normalized spacial score (nSPS) is 27.9. The highest BCUT2D eigenvalue weighted by atomic mass is 19.4. The van der Waals surface area contributed by atoms with Gasteiger partial charge in [0.1, 0.15) is 24.1 Å². The summed E-state index contributed by atoms with van der Waals surface area (Å²) in [7, 11) is 0. The lowest BCUT2D eigenvalue weighted by atomic mass is 10.1. The Morgan fingerprint density at radius 2 is 2.04 bits per heavy atom. The molecule has 1 saturated heterocycles. The number of aliphatic hydroxyl groups excluding tert-OH is 3. The van der Waals surface area contributed by atoms with Gasteiger partial charge < -0.3 is 25.8 Å². The predicted molar refractivity (Wildman–Crippen MR) is 75.6 cm³/mol. The zero-order chi connectivity index (χ0) is 18.1. The Kier molecular flexibility index (Phi) is 5.28. The average Bonchev–Trinajstić information content (AvgIpc) is 2.76. The van der Waals surface area contributed by atoms with E-state index >= 15 is 0 Å². The molecule has 2 heterocycles. The van der Waals surface area contributed by atoms with Gasteiger partial charge in [0.25, 0.3) is 0 Å². The number of alkyl halides is 3. The first-order valence-electron chi connectivity index (χ1n) is 6.88. The average molecular weight is 351 g/mol. The molecule has 0 bridgehead atoms. The summed E-state index contributed by atoms with van der Waals surface area (Å²) in [5.74, 6) is -0.290. The molecule has 2 rings (SSSR count). The van der Waals surface area contributed by atoms with Crippen molar-refractivity contribution in [3.8, 4) is 0 Å². The molecule has 11 heteroatoms. The molecule has 1 aromatic heterocycles. The number of rotatable bonds is 4. The quantitative estimate of drug-likeness (QED) is 0.570. The van der Waals surface area contributed by atoms with Crippen molar-refractivity contribution < 1.29 is 33.2 Å². The van der Waals surface area contributed by atoms with Gasteiger partial charge in [-0.25, -0.2) is 4.79 Å². The van der Waals surface area contributed by atoms with Crippen molar-refractivity contribution in [2.75, 3.05) is 12.3 Å². The molecule has 8 nitrogen and oxygen atoms in total. The molecule has 2 unspecified atom stereocenters. The molecule has 1 fully saturated rings. The minimum Gasteiger partial charge on any atom is -0.394 e. The standard InChI is InChI=1S/C13H16F3N3O5/c14-13(15,16)3-1-2-6-4-19(12(23)18-10(6)17)11-9(22)8(21)7(5-20)24-11/h1-2,4,7-9,11,20-22H,3,5H2,(H2,17,18,23)/t7-,8?,9?,11-/m1/s1. The van der Waals surface area contributed by atoms with Crippen molar-refractivity contribution in [2.45, 2.75) is 37.1 Å². The minimum atomic E-state index is -4.39. The zero-order valence-corrected chi connectivity index (χ0v) is 12.2. The SMILES string of the molecule is Nc1nc(=O)n([C@@H]2O[C@H](CO)C(O)C2O)cc1C=CCC(F)(F)F. The lowest BCUT2D eigenvalue weighted by Gasteiger charge is -2.18. The highest BCUT2D eigenvalue weighted by Gasteiger charge is 2.43. The van der Waals surface area contributed by atoms with E-state index in [-0.39, 0.29) is 11.4 Å². The molecule has 1 aliphatic rings. The largest absolute Gasteiger partial charge is 0.394 e. The molecular formula is C13H16F3N3O5. The van der Waals surface area contributed by atoms with Crippen LogP contribution in [0.5, 0.6) is 0 Å². The molecule has 1 aromatic rings. The summed E-state index contributed by atoms with van der Waals surface area (Å²) in [5.41, 5.74) is 4.59. The number of anilines is 1. The Hall–Kier alpha value is -1.95. The Morgan fingerprint density at radius 3 is 2.58 bits per heavy atom. The second-order valence-corrected chi connectivity index (χ2v) is 5.22. The third-order valence-electron chi connectivity index (χ3n) is 3.45. The van der Waals surface area contributed by atoms with Crippen molar-refractivity contribution in [2.24, 2.45) is 0 Å². The van der Waals surface area contributed by atoms with Crippen molar-refractivity contribution in [3.05, 3.63) is 28.3 Å². The van der Waals surface area contributed by atoms with Gasteiger partial charge in [-0.05, 0) is 0 Å². The number of aliphatic hydroxyl groups is 3. The molecule has 24 heavy (non-hydrogen) atoms. The smallest absolute Gasteiger partial charge is 0.392 e. The number of nitrogens with zero attached hydrogens (tertiary/aromatic N) is 2. The van der Waals surface area contributed by atoms with Gasteiger partial charge in [-0.15, -0.1) is 0 Å². The van der Waals surface area contributed by atoms with Crippen LogP contribution in [0.1, 0.15) is 18.2 Å². The maximum absolute atomic E-state index is 12.2. The van der Waals surface area contributed by atoms with Crippen LogP contribution in [-0.4, -0.2) is 56.0 Å². The number of nitrogen functional groups attached to an aromatic ring is 1. The zero-order valence-electron chi connectivity index (χ0n) is 12.2. The summed E-state index contributed by atoms with van der Waals surface area (Å²) in [6.45, 7) is -0.593. The van der Waals surface area contributed by atoms with Crippen LogP contribution in [0.2, 0.25) is 0 Å². The maximum atomic E-state index is 12.2. The molecule has 4 atom stereocenters. The van der Waals surface area contributed by atoms with E-state index in [9.17, 15) is 28.2 Å². The summed E-state index contributed by atoms with van der Waals surface area (Å²) in [4.78, 5) is 15.4. The number of allylic oxidation sites excluding steroid dienone is 1. The molecule has 1 aliphatic heterocycles. The van der Waals surface area contributed by atoms with Gasteiger partial charge in [0, 0.05) is 11.8 Å². The number of hydrogen-bond donors (Lipinski definition) is 4. The van der Waals surface area contributed by atoms with E-state index in [0.29, 0.717) is 0 Å². The summed E-state index contributed by atoms with van der Waals surface area (Å²) in [6, 6.07) is 0. The molecule has 5 N–H and O–H groups in total. The molecule has 0 aliphatic carbocycles. The van der Waals surface area contributed by atoms with E-state index < -0.39 is 49.4 Å². The molecule has 134 valence electrons. The van der Waals surface area contributed by atoms with Crippen molar-refractivity contribution in [3.63, 3.8) is 0 Å². The second kappa shape index (κ2) is 6.89. The molecule has 0 saturated carbocycles. The van der Waals surface area contributed by atoms with Gasteiger partial charge >= 0.3 is 11.9 Å². The number of ether oxygens (including phenoxy) is 1. The highest BCUT2D eigenvalue weighted by molar-refractivity contribution is 5.59. The van der Waals surface area contributed by atoms with Crippen molar-refractivity contribution in [1.82, 2.24) is 9.55 Å². The molecule has 0 aromatic carbocycles. The summed E-state index contributed by atoms with van der Waals surface area (Å²) in [5, 5.41) is 28.7. The summed E-state index contributed by atoms with van der Waals surface area (Å²) >= 11 is 0. The molecule has 0 amide bonds. The third kappa shape index (κ3) is 3.93. The van der Waals surface area contributed by atoms with E-state index in [1.165, 1.54) is 0 Å². The fourth-order valence-corrected chi connectivity index (χ4v) is 2.24. The number of hydrogen-bond acceptors (Lipinski definition) is 7. The first-order chi connectivity index (χ1) is 11.1. The van der Waals surface area contributed by atoms with Crippen LogP contribution in [0, 0.1) is 0 Å². The first-order valence-corrected chi connectivity index (χ1v) is 6.88. The van der Waals surface area contributed by atoms with Crippen LogP contribution in [0.4, 0.5) is 19.0 Å². The number of halogens is 3. The monoisotopic (exact) mass is 351 g/mol. The first kappa shape index (κ1) is 18.4. The van der Waals surface area contributed by atoms with Gasteiger partial charge in [-0.1, -0.05) is 12.2 Å². The Morgan fingerprint density at radius 1 is 1.38 bits per heavy atom. The van der Waals surface area contributed by atoms with E-state index in [1.807, 2.05) is 0 Å². The van der Waals surface area contributed by atoms with Gasteiger partial charge in [-0.2, -0.15) is 18.2 Å². The Bertz CT molecular complexity index is 676. The lowest BCUT2D eigenvalue weighted by Crippen LogP contribution is -2.36. The Balaban J connectivity index is 2.32. The van der Waals surface area contributed by atoms with E-state index in [4.69, 9.17) is 15.6 Å². The Labute approximate surface area is 133 Å². The van der Waals surface area contributed by atoms with E-state index in [2.05, 4.69) is 4.98 Å². The molecule has 0 radical (unpaired) electrons. The summed E-state index contributed by atoms with van der Waals surface area (Å²) in [6.07, 6.45) is -8.11. The molecule has 0 spiro atoms. The van der Waals surface area contributed by atoms with E-state index in [0.717, 1.165) is 22.9 Å². The van der Waals surface area contributed by atoms with Crippen LogP contribution in [0.3, 0.4) is 0 Å². The number of aromatic nitrogens is 2. The molecular weight excluding hydrogens is 335 g/mol. The van der Waals surface area contributed by atoms with Crippen molar-refractivity contribution in [1.29, 1.82) is 0 Å². The van der Waals surface area contributed by atoms with E-state index in [1.54, 1.807) is 0 Å².